The van der Waals surface area contributed by atoms with E-state index >= 15 is 0 Å². The molecule has 5 fully saturated rings. The molecule has 8 N–H and O–H groups in total. The molecule has 0 bridgehead atoms. The van der Waals surface area contributed by atoms with Crippen molar-refractivity contribution in [3.63, 3.8) is 0 Å². The molecule has 0 aromatic carbocycles. The summed E-state index contributed by atoms with van der Waals surface area (Å²) in [5.74, 6) is -1.66. The molecule has 5 aliphatic heterocycles. The molecule has 142 heavy (non-hydrogen) atoms. The van der Waals surface area contributed by atoms with Gasteiger partial charge in [-0.1, -0.05) is 32.6 Å². The van der Waals surface area contributed by atoms with Crippen molar-refractivity contribution in [1.82, 2.24) is 77.1 Å². The first-order chi connectivity index (χ1) is 64.6. The van der Waals surface area contributed by atoms with E-state index in [0.29, 0.717) is 66.7 Å². The predicted molar refractivity (Wildman–Crippen MR) is 497 cm³/mol. The Labute approximate surface area is 829 Å². The minimum absolute atomic E-state index is 0. The zero-order chi connectivity index (χ0) is 105. The van der Waals surface area contributed by atoms with E-state index < -0.39 is 219 Å². The SMILES string of the molecule is C.CCN(C(C)C)P(OCCC#N)N1CCC(n2ccc(=O)[nH]c2=O)OC(/C=C/P(C)(C)=O)C1.COP(C)(=O)CP(=O)(OC)OC.CP(C)(=O)/C=C/C1CN(C(=O)C(F)(F)F)CCC(n2ccc(=O)[nH]c2=O)O1.CP(C)(=O)/C=C/C1CNCCC(n2ccc(=O)[nH]c2=O)O1.O=C(N1CCC(n2ccc(=O)[nH]c2=O)OC(CO)C1)C(F)(F)F.O=CC1CN(C(=O)C(F)(F)F)CCC(n2ccc(=O)[nH]c2=O)O1.[Na+].[OH-]. The molecular formula is C79H119F9N17NaO30P6. The second-order valence-corrected chi connectivity index (χ2v) is 49.2. The number of carbonyl (C=O) groups excluding carboxylic acids is 4. The van der Waals surface area contributed by atoms with Crippen LogP contribution in [0.2, 0.25) is 0 Å². The van der Waals surface area contributed by atoms with Gasteiger partial charge in [-0.3, -0.25) is 95.2 Å². The van der Waals surface area contributed by atoms with Gasteiger partial charge in [-0.25, -0.2) is 33.3 Å². The number of hydrogen-bond donors (Lipinski definition) is 7. The summed E-state index contributed by atoms with van der Waals surface area (Å²) in [6.45, 7) is 17.7. The van der Waals surface area contributed by atoms with Gasteiger partial charge in [0, 0.05) is 180 Å². The average Bonchev–Trinajstić information content (AvgIpc) is 1.70. The van der Waals surface area contributed by atoms with Crippen molar-refractivity contribution in [2.75, 3.05) is 159 Å². The number of nitrogens with one attached hydrogen (secondary N) is 6. The van der Waals surface area contributed by atoms with Gasteiger partial charge in [0.2, 0.25) is 7.37 Å². The number of aliphatic hydroxyl groups is 1. The van der Waals surface area contributed by atoms with Gasteiger partial charge in [0.05, 0.1) is 57.1 Å². The maximum Gasteiger partial charge on any atom is 1.00 e. The molecule has 3 amide bonds. The summed E-state index contributed by atoms with van der Waals surface area (Å²) in [5.41, 5.74) is -6.26. The van der Waals surface area contributed by atoms with Crippen molar-refractivity contribution in [3.05, 3.63) is 201 Å². The Bertz CT molecular complexity index is 5980. The normalized spacial score (nSPS) is 21.5. The number of hydrogen-bond acceptors (Lipinski definition) is 34. The van der Waals surface area contributed by atoms with Gasteiger partial charge in [-0.05, 0) is 77.8 Å². The fourth-order valence-electron chi connectivity index (χ4n) is 13.1. The van der Waals surface area contributed by atoms with E-state index in [1.165, 1.54) is 93.1 Å². The predicted octanol–water partition coefficient (Wildman–Crippen LogP) is 3.12. The molecule has 0 saturated carbocycles. The fourth-order valence-corrected chi connectivity index (χ4v) is 21.0. The summed E-state index contributed by atoms with van der Waals surface area (Å²) in [5, 5.41) is 21.4. The summed E-state index contributed by atoms with van der Waals surface area (Å²) in [6.07, 6.45) is -11.0. The quantitative estimate of drug-likeness (QED) is 0.0145. The average molecular weight is 2170 g/mol. The van der Waals surface area contributed by atoms with E-state index in [4.69, 9.17) is 33.5 Å². The third kappa shape index (κ3) is 44.1. The van der Waals surface area contributed by atoms with Gasteiger partial charge >= 0.3 is 102 Å². The van der Waals surface area contributed by atoms with Crippen molar-refractivity contribution in [2.24, 2.45) is 0 Å². The van der Waals surface area contributed by atoms with Crippen molar-refractivity contribution in [2.45, 2.75) is 153 Å². The molecule has 5 aromatic rings. The number of alkyl halides is 9. The first kappa shape index (κ1) is 130. The summed E-state index contributed by atoms with van der Waals surface area (Å²) in [7, 11) is -10.8. The molecule has 47 nitrogen and oxygen atoms in total. The molecule has 63 heteroatoms. The van der Waals surface area contributed by atoms with E-state index in [0.717, 1.165) is 50.8 Å². The number of aromatic amines is 5. The number of amides is 3. The van der Waals surface area contributed by atoms with Crippen molar-refractivity contribution < 1.29 is 163 Å². The number of halogens is 9. The Morgan fingerprint density at radius 3 is 1.14 bits per heavy atom. The number of ether oxygens (including phenoxy) is 5. The monoisotopic (exact) mass is 2170 g/mol. The standard InChI is InChI=1S/C21H35N5O5P2.C15H19F3N3O5P.C13H20N3O4P.C12H14F3N3O5.C12H12F3N3O5.C5H14O5P2.CH4.Na.H2O/c1-6-26(17(2)3)32(30-14-7-11-22)24-12-9-20(25-13-8-19(27)23-21(25)28)31-18(16-24)10-15-33(4,5)29;1-27(2,25)8-5-10-9-20(13(23)15(16,17)18)6-4-12(26-10)21-7-3-11(22)19-14(21)24;1-21(2,19)8-5-10-9-14-6-3-12(20-10)16-7-4-11(17)15-13(16)18;2*13-12(14,15)10(21)17-3-2-9(23-7(5-17)6-19)18-4-1-8(20)16-11(18)22;1-8-11(4,6)5-12(7,9-2)10-3;;;/h8,10,13,15,17-18,20H,6-7,9,12,14,16H2,1-5H3,(H,23,27,28);3,5,7-8,10,12H,4,6,9H2,1-2H3,(H,19,22,24);4-5,7-8,10,12,14H,3,6,9H2,1-2H3,(H,15,17,18);1,4,7,9,19H,2-3,5-6H2,(H,16,20,22);1,4,6-7,9H,2-3,5H2,(H,16,20,22);5H2,1-4H3;1H4;;1H2/q;;;;;;;+1;/p-1/b15-10+;2*8-5+;;;;;;. The first-order valence-corrected chi connectivity index (χ1v) is 55.3. The number of H-pyrrole nitrogens is 5. The van der Waals surface area contributed by atoms with Gasteiger partial charge in [0.15, 0.2) is 14.7 Å². The maximum atomic E-state index is 12.8. The minimum Gasteiger partial charge on any atom is -0.870 e. The summed E-state index contributed by atoms with van der Waals surface area (Å²) < 4.78 is 231. The van der Waals surface area contributed by atoms with Crippen molar-refractivity contribution in [1.29, 1.82) is 5.26 Å². The van der Waals surface area contributed by atoms with Crippen LogP contribution in [0.1, 0.15) is 97.9 Å². The Hall–Kier alpha value is -8.42. The van der Waals surface area contributed by atoms with Crippen LogP contribution in [0.5, 0.6) is 0 Å². The molecule has 5 saturated heterocycles. The van der Waals surface area contributed by atoms with E-state index in [1.807, 2.05) is 15.0 Å². The molecule has 12 atom stereocenters. The zero-order valence-corrected chi connectivity index (χ0v) is 86.5. The summed E-state index contributed by atoms with van der Waals surface area (Å²) in [4.78, 5) is 173. The van der Waals surface area contributed by atoms with Crippen LogP contribution in [0.4, 0.5) is 39.5 Å². The van der Waals surface area contributed by atoms with Crippen LogP contribution in [-0.4, -0.2) is 321 Å². The second-order valence-electron chi connectivity index (χ2n) is 32.4. The number of nitrogens with zero attached hydrogens (tertiary/aromatic N) is 11. The molecule has 10 heterocycles. The number of aldehydes is 1. The van der Waals surface area contributed by atoms with Gasteiger partial charge in [-0.15, -0.1) is 0 Å². The third-order valence-corrected chi connectivity index (χ3v) is 30.1. The van der Waals surface area contributed by atoms with Crippen molar-refractivity contribution >= 4 is 68.8 Å². The zero-order valence-electron chi connectivity index (χ0n) is 79.1. The largest absolute Gasteiger partial charge is 1.00 e. The molecule has 5 aromatic heterocycles. The van der Waals surface area contributed by atoms with Gasteiger partial charge in [0.25, 0.3) is 27.8 Å². The maximum absolute atomic E-state index is 12.8. The number of aliphatic hydroxyl groups excluding tert-OH is 1. The molecule has 10 rings (SSSR count). The van der Waals surface area contributed by atoms with E-state index in [1.54, 1.807) is 50.4 Å². The van der Waals surface area contributed by atoms with Crippen molar-refractivity contribution in [3.8, 4) is 6.07 Å². The number of rotatable bonds is 25. The van der Waals surface area contributed by atoms with Crippen LogP contribution < -0.4 is 91.1 Å². The molecule has 0 radical (unpaired) electrons. The molecule has 12 unspecified atom stereocenters. The number of nitriles is 1. The summed E-state index contributed by atoms with van der Waals surface area (Å²) in [6, 6.07) is 8.10. The smallest absolute Gasteiger partial charge is 0.870 e. The molecule has 794 valence electrons. The van der Waals surface area contributed by atoms with Crippen LogP contribution in [0.15, 0.2) is 145 Å². The van der Waals surface area contributed by atoms with E-state index in [9.17, 15) is 135 Å². The van der Waals surface area contributed by atoms with Gasteiger partial charge in [-0.2, -0.15) is 44.8 Å². The summed E-state index contributed by atoms with van der Waals surface area (Å²) >= 11 is 0. The molecular weight excluding hydrogens is 2050 g/mol. The Balaban J connectivity index is 0.000000584. The molecule has 0 aliphatic carbocycles. The Morgan fingerprint density at radius 2 is 0.831 bits per heavy atom. The van der Waals surface area contributed by atoms with E-state index in [-0.39, 0.29) is 106 Å². The topological polar surface area (TPSA) is 613 Å². The first-order valence-electron chi connectivity index (χ1n) is 42.2. The number of carbonyl (C=O) groups is 4. The third-order valence-electron chi connectivity index (χ3n) is 19.7. The van der Waals surface area contributed by atoms with Crippen LogP contribution in [0, 0.1) is 11.3 Å². The van der Waals surface area contributed by atoms with Crippen LogP contribution >= 0.6 is 44.8 Å². The fraction of sp³-hybridized carbons (Fsp3) is 0.608. The molecule has 5 aliphatic rings. The minimum atomic E-state index is -5.07. The second kappa shape index (κ2) is 58.8. The molecule has 0 spiro atoms. The van der Waals surface area contributed by atoms with Crippen LogP contribution in [0.25, 0.3) is 0 Å². The Kier molecular flexibility index (Phi) is 53.7. The van der Waals surface area contributed by atoms with Crippen LogP contribution in [-0.2, 0) is 83.8 Å². The van der Waals surface area contributed by atoms with Crippen LogP contribution in [0.3, 0.4) is 0 Å². The van der Waals surface area contributed by atoms with Gasteiger partial charge < -0.3 is 90.9 Å². The van der Waals surface area contributed by atoms with Gasteiger partial charge in [0.1, 0.15) is 70.7 Å². The van der Waals surface area contributed by atoms with E-state index in [2.05, 4.69) is 65.0 Å². The Morgan fingerprint density at radius 1 is 0.514 bits per heavy atom. The number of aromatic nitrogens is 10.